The van der Waals surface area contributed by atoms with Crippen LogP contribution < -0.4 is 11.1 Å². The lowest BCUT2D eigenvalue weighted by Gasteiger charge is -2.28. The van der Waals surface area contributed by atoms with Gasteiger partial charge in [-0.1, -0.05) is 25.5 Å². The van der Waals surface area contributed by atoms with E-state index in [1.54, 1.807) is 0 Å². The molecule has 0 aromatic carbocycles. The molecule has 0 saturated heterocycles. The highest BCUT2D eigenvalue weighted by molar-refractivity contribution is 4.95. The maximum Gasteiger partial charge on any atom is 0.0995 e. The van der Waals surface area contributed by atoms with E-state index in [0.29, 0.717) is 6.17 Å². The molecule has 16 heavy (non-hydrogen) atoms. The Hall–Kier alpha value is -0.960. The monoisotopic (exact) mass is 223 g/mol. The molecule has 1 aliphatic rings. The molecule has 92 valence electrons. The molecule has 3 N–H and O–H groups in total. The summed E-state index contributed by atoms with van der Waals surface area (Å²) in [5, 5.41) is 3.33. The number of nitrogens with one attached hydrogen (secondary N) is 1. The molecule has 1 heterocycles. The maximum absolute atomic E-state index is 5.88. The number of hydrogen-bond donors (Lipinski definition) is 2. The molecule has 0 fully saturated rings. The third-order valence-corrected chi connectivity index (χ3v) is 2.84. The molecule has 0 saturated carbocycles. The molecular formula is C13H25N3. The zero-order valence-electron chi connectivity index (χ0n) is 10.5. The molecule has 0 aromatic rings. The van der Waals surface area contributed by atoms with Crippen LogP contribution in [0.25, 0.3) is 0 Å². The van der Waals surface area contributed by atoms with Gasteiger partial charge >= 0.3 is 0 Å². The topological polar surface area (TPSA) is 41.3 Å². The van der Waals surface area contributed by atoms with Crippen molar-refractivity contribution in [3.8, 4) is 0 Å². The molecule has 0 aliphatic carbocycles. The summed E-state index contributed by atoms with van der Waals surface area (Å²) >= 11 is 0. The Kier molecular flexibility index (Phi) is 6.01. The molecule has 2 atom stereocenters. The maximum atomic E-state index is 5.88. The summed E-state index contributed by atoms with van der Waals surface area (Å²) in [5.74, 6) is 0. The van der Waals surface area contributed by atoms with Crippen LogP contribution in [-0.4, -0.2) is 17.2 Å². The lowest BCUT2D eigenvalue weighted by Crippen LogP contribution is -2.44. The molecule has 1 aliphatic heterocycles. The van der Waals surface area contributed by atoms with Crippen molar-refractivity contribution < 1.29 is 0 Å². The number of allylic oxidation sites excluding steroid dienone is 2. The second-order valence-corrected chi connectivity index (χ2v) is 4.38. The van der Waals surface area contributed by atoms with Gasteiger partial charge in [0.15, 0.2) is 0 Å². The van der Waals surface area contributed by atoms with Gasteiger partial charge < -0.3 is 16.0 Å². The quantitative estimate of drug-likeness (QED) is 0.515. The highest BCUT2D eigenvalue weighted by Gasteiger charge is 2.19. The van der Waals surface area contributed by atoms with Crippen LogP contribution in [0.15, 0.2) is 24.6 Å². The molecule has 3 heteroatoms. The molecule has 0 bridgehead atoms. The Morgan fingerprint density at radius 2 is 2.19 bits per heavy atom. The van der Waals surface area contributed by atoms with Crippen LogP contribution in [-0.2, 0) is 0 Å². The first kappa shape index (κ1) is 13.1. The molecule has 0 amide bonds. The summed E-state index contributed by atoms with van der Waals surface area (Å²) in [6.07, 6.45) is 15.1. The van der Waals surface area contributed by atoms with E-state index in [9.17, 15) is 0 Å². The van der Waals surface area contributed by atoms with Crippen LogP contribution in [0, 0.1) is 0 Å². The predicted octanol–water partition coefficient (Wildman–Crippen LogP) is 2.52. The van der Waals surface area contributed by atoms with Gasteiger partial charge in [0.2, 0.25) is 0 Å². The van der Waals surface area contributed by atoms with E-state index in [2.05, 4.69) is 29.3 Å². The highest BCUT2D eigenvalue weighted by Crippen LogP contribution is 2.13. The van der Waals surface area contributed by atoms with Crippen molar-refractivity contribution in [2.75, 3.05) is 0 Å². The number of rotatable bonds is 7. The Bertz CT molecular complexity index is 233. The van der Waals surface area contributed by atoms with Gasteiger partial charge in [-0.3, -0.25) is 0 Å². The number of unbranched alkanes of at least 4 members (excludes halogenated alkanes) is 2. The second-order valence-electron chi connectivity index (χ2n) is 4.38. The minimum atomic E-state index is 0.0897. The third kappa shape index (κ3) is 4.27. The Balaban J connectivity index is 2.13. The van der Waals surface area contributed by atoms with Crippen molar-refractivity contribution in [1.82, 2.24) is 10.2 Å². The second kappa shape index (κ2) is 7.34. The van der Waals surface area contributed by atoms with Gasteiger partial charge in [0.05, 0.1) is 12.3 Å². The van der Waals surface area contributed by atoms with Crippen LogP contribution in [0.3, 0.4) is 0 Å². The van der Waals surface area contributed by atoms with E-state index >= 15 is 0 Å². The molecule has 2 unspecified atom stereocenters. The summed E-state index contributed by atoms with van der Waals surface area (Å²) in [6, 6.07) is 0. The standard InChI is InChI=1S/C13H25N3/c1-3-4-5-6-7-8-9-13-15-10-11-16(13)12(2)14/h5-6,10-13,15H,3-4,7-9,14H2,1-2H3/b6-5+. The van der Waals surface area contributed by atoms with Gasteiger partial charge in [-0.05, 0) is 32.6 Å². The minimum absolute atomic E-state index is 0.0897. The Morgan fingerprint density at radius 3 is 2.88 bits per heavy atom. The number of nitrogens with zero attached hydrogens (tertiary/aromatic N) is 1. The molecular weight excluding hydrogens is 198 g/mol. The molecule has 1 rings (SSSR count). The van der Waals surface area contributed by atoms with Gasteiger partial charge in [-0.15, -0.1) is 0 Å². The lowest BCUT2D eigenvalue weighted by molar-refractivity contribution is 0.209. The Labute approximate surface area is 99.4 Å². The van der Waals surface area contributed by atoms with Crippen molar-refractivity contribution in [2.24, 2.45) is 5.73 Å². The third-order valence-electron chi connectivity index (χ3n) is 2.84. The van der Waals surface area contributed by atoms with E-state index in [1.165, 1.54) is 25.7 Å². The van der Waals surface area contributed by atoms with Gasteiger partial charge in [0, 0.05) is 12.4 Å². The van der Waals surface area contributed by atoms with E-state index in [0.717, 1.165) is 6.42 Å². The van der Waals surface area contributed by atoms with Gasteiger partial charge in [0.25, 0.3) is 0 Å². The molecule has 0 radical (unpaired) electrons. The summed E-state index contributed by atoms with van der Waals surface area (Å²) in [6.45, 7) is 4.23. The van der Waals surface area contributed by atoms with E-state index in [-0.39, 0.29) is 6.17 Å². The van der Waals surface area contributed by atoms with Crippen molar-refractivity contribution in [3.63, 3.8) is 0 Å². The van der Waals surface area contributed by atoms with Crippen LogP contribution in [0.2, 0.25) is 0 Å². The molecule has 0 spiro atoms. The van der Waals surface area contributed by atoms with Crippen molar-refractivity contribution >= 4 is 0 Å². The van der Waals surface area contributed by atoms with E-state index in [1.807, 2.05) is 19.3 Å². The van der Waals surface area contributed by atoms with Gasteiger partial charge in [-0.2, -0.15) is 0 Å². The number of hydrogen-bond acceptors (Lipinski definition) is 3. The van der Waals surface area contributed by atoms with E-state index < -0.39 is 0 Å². The van der Waals surface area contributed by atoms with Crippen LogP contribution in [0.1, 0.15) is 46.0 Å². The molecule has 3 nitrogen and oxygen atoms in total. The van der Waals surface area contributed by atoms with Gasteiger partial charge in [-0.25, -0.2) is 0 Å². The normalized spacial score (nSPS) is 21.7. The average Bonchev–Trinajstić information content (AvgIpc) is 2.71. The zero-order valence-corrected chi connectivity index (χ0v) is 10.5. The molecule has 0 aromatic heterocycles. The fourth-order valence-corrected chi connectivity index (χ4v) is 1.91. The minimum Gasteiger partial charge on any atom is -0.370 e. The van der Waals surface area contributed by atoms with Crippen molar-refractivity contribution in [2.45, 2.75) is 58.3 Å². The fourth-order valence-electron chi connectivity index (χ4n) is 1.91. The zero-order chi connectivity index (χ0) is 11.8. The fraction of sp³-hybridized carbons (Fsp3) is 0.692. The first-order valence-corrected chi connectivity index (χ1v) is 6.36. The largest absolute Gasteiger partial charge is 0.370 e. The smallest absolute Gasteiger partial charge is 0.0995 e. The summed E-state index contributed by atoms with van der Waals surface area (Å²) in [4.78, 5) is 2.18. The van der Waals surface area contributed by atoms with Crippen LogP contribution in [0.5, 0.6) is 0 Å². The summed E-state index contributed by atoms with van der Waals surface area (Å²) < 4.78 is 0. The SMILES string of the molecule is CCC/C=C/CCCC1NC=CN1C(C)N. The van der Waals surface area contributed by atoms with E-state index in [4.69, 9.17) is 5.73 Å². The van der Waals surface area contributed by atoms with Crippen LogP contribution in [0.4, 0.5) is 0 Å². The first-order chi connectivity index (χ1) is 7.75. The highest BCUT2D eigenvalue weighted by atomic mass is 15.3. The van der Waals surface area contributed by atoms with Crippen LogP contribution >= 0.6 is 0 Å². The lowest BCUT2D eigenvalue weighted by atomic mass is 10.1. The Morgan fingerprint density at radius 1 is 1.44 bits per heavy atom. The first-order valence-electron chi connectivity index (χ1n) is 6.36. The van der Waals surface area contributed by atoms with Gasteiger partial charge in [0.1, 0.15) is 0 Å². The number of nitrogens with two attached hydrogens (primary N) is 1. The van der Waals surface area contributed by atoms with Crippen molar-refractivity contribution in [3.05, 3.63) is 24.6 Å². The summed E-state index contributed by atoms with van der Waals surface area (Å²) in [5.41, 5.74) is 5.88. The average molecular weight is 223 g/mol. The predicted molar refractivity (Wildman–Crippen MR) is 69.5 cm³/mol. The summed E-state index contributed by atoms with van der Waals surface area (Å²) in [7, 11) is 0. The van der Waals surface area contributed by atoms with Crippen molar-refractivity contribution in [1.29, 1.82) is 0 Å².